The Labute approximate surface area is 171 Å². The first-order valence-corrected chi connectivity index (χ1v) is 12.6. The summed E-state index contributed by atoms with van der Waals surface area (Å²) in [7, 11) is -3.26. The van der Waals surface area contributed by atoms with Gasteiger partial charge in [0.05, 0.1) is 16.6 Å². The van der Waals surface area contributed by atoms with Gasteiger partial charge in [-0.05, 0) is 36.5 Å². The SMILES string of the molecule is CCCCS(=O)(=O)c1ccc(C(CC2CCCC2)C(=O)Nc2nccs2)cc1. The van der Waals surface area contributed by atoms with Crippen LogP contribution in [0.1, 0.15) is 63.4 Å². The number of nitrogens with one attached hydrogen (secondary N) is 1. The van der Waals surface area contributed by atoms with Gasteiger partial charge < -0.3 is 5.32 Å². The maximum atomic E-state index is 13.0. The Morgan fingerprint density at radius 3 is 2.57 bits per heavy atom. The summed E-state index contributed by atoms with van der Waals surface area (Å²) in [6, 6.07) is 6.91. The molecule has 2 aromatic rings. The Morgan fingerprint density at radius 1 is 1.25 bits per heavy atom. The van der Waals surface area contributed by atoms with Crippen molar-refractivity contribution >= 4 is 32.2 Å². The number of benzene rings is 1. The molecule has 1 unspecified atom stereocenters. The smallest absolute Gasteiger partial charge is 0.233 e. The summed E-state index contributed by atoms with van der Waals surface area (Å²) < 4.78 is 24.8. The fourth-order valence-corrected chi connectivity index (χ4v) is 5.80. The third-order valence-corrected chi connectivity index (χ3v) is 7.94. The molecule has 1 aromatic heterocycles. The van der Waals surface area contributed by atoms with Crippen molar-refractivity contribution in [2.45, 2.75) is 62.7 Å². The molecule has 0 aliphatic heterocycles. The number of aromatic nitrogens is 1. The van der Waals surface area contributed by atoms with Crippen LogP contribution in [0.25, 0.3) is 0 Å². The lowest BCUT2D eigenvalue weighted by atomic mass is 9.87. The van der Waals surface area contributed by atoms with Gasteiger partial charge in [0.25, 0.3) is 0 Å². The predicted octanol–water partition coefficient (Wildman–Crippen LogP) is 5.02. The number of nitrogens with zero attached hydrogens (tertiary/aromatic N) is 1. The van der Waals surface area contributed by atoms with Crippen molar-refractivity contribution < 1.29 is 13.2 Å². The van der Waals surface area contributed by atoms with Gasteiger partial charge in [-0.15, -0.1) is 11.3 Å². The number of hydrogen-bond donors (Lipinski definition) is 1. The number of sulfone groups is 1. The van der Waals surface area contributed by atoms with E-state index in [1.165, 1.54) is 24.2 Å². The highest BCUT2D eigenvalue weighted by molar-refractivity contribution is 7.91. The quantitative estimate of drug-likeness (QED) is 0.618. The van der Waals surface area contributed by atoms with Crippen LogP contribution in [0, 0.1) is 5.92 Å². The van der Waals surface area contributed by atoms with Crippen LogP contribution in [-0.4, -0.2) is 25.1 Å². The Hall–Kier alpha value is -1.73. The molecule has 0 bridgehead atoms. The summed E-state index contributed by atoms with van der Waals surface area (Å²) in [6.45, 7) is 1.98. The Morgan fingerprint density at radius 2 is 1.96 bits per heavy atom. The topological polar surface area (TPSA) is 76.1 Å². The summed E-state index contributed by atoms with van der Waals surface area (Å²) in [5.74, 6) is 0.349. The van der Waals surface area contributed by atoms with Gasteiger partial charge in [-0.1, -0.05) is 51.2 Å². The second-order valence-electron chi connectivity index (χ2n) is 7.51. The molecule has 152 valence electrons. The molecule has 1 aliphatic carbocycles. The van der Waals surface area contributed by atoms with E-state index in [-0.39, 0.29) is 17.6 Å². The lowest BCUT2D eigenvalue weighted by Gasteiger charge is -2.20. The molecule has 1 N–H and O–H groups in total. The summed E-state index contributed by atoms with van der Waals surface area (Å²) in [4.78, 5) is 17.4. The number of carbonyl (C=O) groups is 1. The molecule has 1 aromatic carbocycles. The van der Waals surface area contributed by atoms with Gasteiger partial charge in [0.15, 0.2) is 15.0 Å². The first kappa shape index (κ1) is 21.0. The number of rotatable bonds is 9. The molecule has 0 radical (unpaired) electrons. The number of thiazole rings is 1. The molecular formula is C21H28N2O3S2. The predicted molar refractivity (Wildman–Crippen MR) is 113 cm³/mol. The van der Waals surface area contributed by atoms with Gasteiger partial charge in [0.2, 0.25) is 5.91 Å². The summed E-state index contributed by atoms with van der Waals surface area (Å²) in [5, 5.41) is 5.35. The maximum Gasteiger partial charge on any atom is 0.233 e. The van der Waals surface area contributed by atoms with Crippen molar-refractivity contribution in [2.24, 2.45) is 5.92 Å². The Balaban J connectivity index is 1.79. The molecule has 7 heteroatoms. The summed E-state index contributed by atoms with van der Waals surface area (Å²) in [6.07, 6.45) is 8.72. The largest absolute Gasteiger partial charge is 0.301 e. The number of amides is 1. The van der Waals surface area contributed by atoms with Gasteiger partial charge in [-0.3, -0.25) is 4.79 Å². The Kier molecular flexibility index (Phi) is 7.24. The van der Waals surface area contributed by atoms with Crippen LogP contribution in [0.15, 0.2) is 40.7 Å². The number of unbranched alkanes of at least 4 members (excludes halogenated alkanes) is 1. The summed E-state index contributed by atoms with van der Waals surface area (Å²) in [5.41, 5.74) is 0.871. The lowest BCUT2D eigenvalue weighted by Crippen LogP contribution is -2.23. The maximum absolute atomic E-state index is 13.0. The van der Waals surface area contributed by atoms with Crippen LogP contribution in [0.3, 0.4) is 0 Å². The van der Waals surface area contributed by atoms with Crippen molar-refractivity contribution in [3.05, 3.63) is 41.4 Å². The molecule has 28 heavy (non-hydrogen) atoms. The molecule has 1 saturated carbocycles. The van der Waals surface area contributed by atoms with Crippen molar-refractivity contribution in [1.82, 2.24) is 4.98 Å². The van der Waals surface area contributed by atoms with Crippen LogP contribution < -0.4 is 5.32 Å². The minimum Gasteiger partial charge on any atom is -0.301 e. The van der Waals surface area contributed by atoms with E-state index < -0.39 is 9.84 Å². The molecule has 5 nitrogen and oxygen atoms in total. The second-order valence-corrected chi connectivity index (χ2v) is 10.5. The zero-order valence-electron chi connectivity index (χ0n) is 16.3. The first-order chi connectivity index (χ1) is 13.5. The number of hydrogen-bond acceptors (Lipinski definition) is 5. The van der Waals surface area contributed by atoms with Crippen molar-refractivity contribution in [1.29, 1.82) is 0 Å². The van der Waals surface area contributed by atoms with Crippen LogP contribution >= 0.6 is 11.3 Å². The minimum atomic E-state index is -3.26. The average Bonchev–Trinajstić information content (AvgIpc) is 3.38. The van der Waals surface area contributed by atoms with E-state index in [0.717, 1.165) is 31.2 Å². The molecule has 1 amide bonds. The zero-order valence-corrected chi connectivity index (χ0v) is 17.9. The van der Waals surface area contributed by atoms with Crippen LogP contribution in [0.5, 0.6) is 0 Å². The fourth-order valence-electron chi connectivity index (χ4n) is 3.81. The second kappa shape index (κ2) is 9.65. The molecule has 1 fully saturated rings. The summed E-state index contributed by atoms with van der Waals surface area (Å²) >= 11 is 1.40. The van der Waals surface area contributed by atoms with Crippen molar-refractivity contribution in [3.8, 4) is 0 Å². The van der Waals surface area contributed by atoms with Gasteiger partial charge in [0, 0.05) is 11.6 Å². The molecule has 0 saturated heterocycles. The van der Waals surface area contributed by atoms with Gasteiger partial charge in [-0.2, -0.15) is 0 Å². The highest BCUT2D eigenvalue weighted by atomic mass is 32.2. The fraction of sp³-hybridized carbons (Fsp3) is 0.524. The van der Waals surface area contributed by atoms with E-state index in [2.05, 4.69) is 10.3 Å². The molecule has 3 rings (SSSR count). The molecular weight excluding hydrogens is 392 g/mol. The number of carbonyl (C=O) groups excluding carboxylic acids is 1. The van der Waals surface area contributed by atoms with Gasteiger partial charge in [-0.25, -0.2) is 13.4 Å². The zero-order chi connectivity index (χ0) is 20.0. The first-order valence-electron chi connectivity index (χ1n) is 10.0. The van der Waals surface area contributed by atoms with Gasteiger partial charge >= 0.3 is 0 Å². The van der Waals surface area contributed by atoms with E-state index >= 15 is 0 Å². The van der Waals surface area contributed by atoms with E-state index in [1.54, 1.807) is 30.5 Å². The van der Waals surface area contributed by atoms with E-state index in [1.807, 2.05) is 12.3 Å². The highest BCUT2D eigenvalue weighted by Gasteiger charge is 2.27. The molecule has 0 spiro atoms. The lowest BCUT2D eigenvalue weighted by molar-refractivity contribution is -0.118. The number of anilines is 1. The minimum absolute atomic E-state index is 0.0663. The van der Waals surface area contributed by atoms with Crippen LogP contribution in [-0.2, 0) is 14.6 Å². The third kappa shape index (κ3) is 5.41. The standard InChI is InChI=1S/C21H28N2O3S2/c1-2-3-14-28(25,26)18-10-8-17(9-11-18)19(15-16-6-4-5-7-16)20(24)23-21-22-12-13-27-21/h8-13,16,19H,2-7,14-15H2,1H3,(H,22,23,24). The van der Waals surface area contributed by atoms with Crippen LogP contribution in [0.4, 0.5) is 5.13 Å². The monoisotopic (exact) mass is 420 g/mol. The average molecular weight is 421 g/mol. The van der Waals surface area contributed by atoms with Gasteiger partial charge in [0.1, 0.15) is 0 Å². The van der Waals surface area contributed by atoms with E-state index in [4.69, 9.17) is 0 Å². The normalized spacial score (nSPS) is 16.2. The van der Waals surface area contributed by atoms with Crippen LogP contribution in [0.2, 0.25) is 0 Å². The molecule has 1 atom stereocenters. The van der Waals surface area contributed by atoms with E-state index in [0.29, 0.717) is 22.4 Å². The highest BCUT2D eigenvalue weighted by Crippen LogP contribution is 2.35. The Bertz CT molecular complexity index is 856. The van der Waals surface area contributed by atoms with E-state index in [9.17, 15) is 13.2 Å². The third-order valence-electron chi connectivity index (χ3n) is 5.43. The van der Waals surface area contributed by atoms with Crippen molar-refractivity contribution in [3.63, 3.8) is 0 Å². The molecule has 1 aliphatic rings. The van der Waals surface area contributed by atoms with Crippen molar-refractivity contribution in [2.75, 3.05) is 11.1 Å². The molecule has 1 heterocycles.